The van der Waals surface area contributed by atoms with Crippen LogP contribution in [-0.2, 0) is 6.54 Å². The summed E-state index contributed by atoms with van der Waals surface area (Å²) < 4.78 is 3.69. The van der Waals surface area contributed by atoms with Crippen LogP contribution in [0.1, 0.15) is 19.3 Å². The average Bonchev–Trinajstić information content (AvgIpc) is 2.71. The average molecular weight is 260 g/mol. The Morgan fingerprint density at radius 3 is 2.63 bits per heavy atom. The number of anilines is 1. The maximum absolute atomic E-state index is 6.11. The first-order valence-corrected chi connectivity index (χ1v) is 7.03. The van der Waals surface area contributed by atoms with E-state index < -0.39 is 0 Å². The van der Waals surface area contributed by atoms with Gasteiger partial charge in [-0.25, -0.2) is 4.57 Å². The molecule has 5 nitrogen and oxygen atoms in total. The Labute approximate surface area is 113 Å². The van der Waals surface area contributed by atoms with Crippen LogP contribution in [0.4, 0.5) is 5.95 Å². The minimum absolute atomic E-state index is 0.623. The summed E-state index contributed by atoms with van der Waals surface area (Å²) in [6.45, 7) is 4.36. The van der Waals surface area contributed by atoms with Crippen LogP contribution in [0.2, 0.25) is 0 Å². The maximum Gasteiger partial charge on any atom is 0.378 e. The number of hydrogen-bond acceptors (Lipinski definition) is 3. The quantitative estimate of drug-likeness (QED) is 0.631. The highest BCUT2D eigenvalue weighted by Crippen LogP contribution is 2.13. The van der Waals surface area contributed by atoms with Crippen molar-refractivity contribution >= 4 is 17.0 Å². The Hall–Kier alpha value is -1.75. The fourth-order valence-electron chi connectivity index (χ4n) is 2.93. The van der Waals surface area contributed by atoms with Crippen molar-refractivity contribution in [3.8, 4) is 0 Å². The normalized spacial score (nSPS) is 17.1. The standard InChI is InChI=1S/C14H21N5/c15-14-18(11-10-17-8-4-1-5-9-17)12-6-2-3-7-13(12)19(14)16/h2-3,6-7,15H,1,4-5,8-11,16H2/p+1. The van der Waals surface area contributed by atoms with E-state index in [9.17, 15) is 0 Å². The summed E-state index contributed by atoms with van der Waals surface area (Å²) in [5.41, 5.74) is 8.21. The molecule has 1 fully saturated rings. The molecule has 102 valence electrons. The largest absolute Gasteiger partial charge is 0.378 e. The number of likely N-dealkylation sites (tertiary alicyclic amines) is 1. The van der Waals surface area contributed by atoms with Crippen molar-refractivity contribution < 1.29 is 4.57 Å². The highest BCUT2D eigenvalue weighted by Gasteiger charge is 2.19. The van der Waals surface area contributed by atoms with Gasteiger partial charge in [0, 0.05) is 6.54 Å². The van der Waals surface area contributed by atoms with Gasteiger partial charge >= 0.3 is 5.95 Å². The number of imidazole rings is 1. The van der Waals surface area contributed by atoms with Crippen LogP contribution in [-0.4, -0.2) is 29.2 Å². The Kier molecular flexibility index (Phi) is 3.29. The minimum Gasteiger partial charge on any atom is -0.300 e. The lowest BCUT2D eigenvalue weighted by Gasteiger charge is -2.25. The number of rotatable bonds is 3. The fourth-order valence-corrected chi connectivity index (χ4v) is 2.93. The summed E-state index contributed by atoms with van der Waals surface area (Å²) in [6.07, 6.45) is 4.01. The summed E-state index contributed by atoms with van der Waals surface area (Å²) in [7, 11) is 0. The van der Waals surface area contributed by atoms with E-state index in [0.29, 0.717) is 5.95 Å². The van der Waals surface area contributed by atoms with Crippen LogP contribution in [0.25, 0.3) is 11.0 Å². The number of fused-ring (bicyclic) bond motifs is 1. The van der Waals surface area contributed by atoms with Gasteiger partial charge in [0.25, 0.3) is 0 Å². The molecule has 0 amide bonds. The van der Waals surface area contributed by atoms with Crippen LogP contribution in [0.5, 0.6) is 0 Å². The number of nitrogens with two attached hydrogens (primary N) is 2. The molecule has 1 aliphatic heterocycles. The number of para-hydroxylation sites is 2. The van der Waals surface area contributed by atoms with E-state index in [1.54, 1.807) is 4.68 Å². The Morgan fingerprint density at radius 1 is 1.11 bits per heavy atom. The van der Waals surface area contributed by atoms with Crippen molar-refractivity contribution in [3.63, 3.8) is 0 Å². The molecular weight excluding hydrogens is 238 g/mol. The molecule has 1 aromatic carbocycles. The minimum atomic E-state index is 0.623. The molecule has 3 rings (SSSR count). The molecule has 1 saturated heterocycles. The molecule has 1 aliphatic rings. The Balaban J connectivity index is 1.82. The summed E-state index contributed by atoms with van der Waals surface area (Å²) in [4.78, 5) is 2.51. The van der Waals surface area contributed by atoms with Crippen molar-refractivity contribution in [2.24, 2.45) is 0 Å². The molecule has 0 atom stereocenters. The molecule has 0 radical (unpaired) electrons. The van der Waals surface area contributed by atoms with E-state index in [2.05, 4.69) is 15.5 Å². The molecule has 0 unspecified atom stereocenters. The summed E-state index contributed by atoms with van der Waals surface area (Å²) in [5.74, 6) is 6.63. The van der Waals surface area contributed by atoms with E-state index in [1.165, 1.54) is 32.4 Å². The van der Waals surface area contributed by atoms with Crippen molar-refractivity contribution in [1.29, 1.82) is 0 Å². The van der Waals surface area contributed by atoms with E-state index in [0.717, 1.165) is 24.1 Å². The van der Waals surface area contributed by atoms with Gasteiger partial charge in [-0.15, -0.1) is 4.68 Å². The molecular formula is C14H22N5+. The smallest absolute Gasteiger partial charge is 0.300 e. The topological polar surface area (TPSA) is 64.1 Å². The molecule has 2 heterocycles. The summed E-state index contributed by atoms with van der Waals surface area (Å²) in [6, 6.07) is 8.09. The third-order valence-electron chi connectivity index (χ3n) is 4.04. The lowest BCUT2D eigenvalue weighted by Crippen LogP contribution is -2.44. The molecule has 0 saturated carbocycles. The number of hydrogen-bond donors (Lipinski definition) is 2. The maximum atomic E-state index is 6.11. The van der Waals surface area contributed by atoms with Gasteiger partial charge in [-0.05, 0) is 38.1 Å². The van der Waals surface area contributed by atoms with Crippen LogP contribution in [0.3, 0.4) is 0 Å². The number of aromatic nitrogens is 2. The first kappa shape index (κ1) is 12.3. The third-order valence-corrected chi connectivity index (χ3v) is 4.04. The van der Waals surface area contributed by atoms with E-state index in [4.69, 9.17) is 11.6 Å². The highest BCUT2D eigenvalue weighted by atomic mass is 15.4. The fraction of sp³-hybridized carbons (Fsp3) is 0.500. The second-order valence-electron chi connectivity index (χ2n) is 5.27. The number of piperidine rings is 1. The van der Waals surface area contributed by atoms with Crippen LogP contribution in [0.15, 0.2) is 24.3 Å². The van der Waals surface area contributed by atoms with Crippen LogP contribution >= 0.6 is 0 Å². The molecule has 0 aliphatic carbocycles. The van der Waals surface area contributed by atoms with Gasteiger partial charge in [-0.3, -0.25) is 11.6 Å². The van der Waals surface area contributed by atoms with Gasteiger partial charge in [-0.2, -0.15) is 0 Å². The molecule has 5 heteroatoms. The number of benzene rings is 1. The Bertz CT molecular complexity index is 568. The zero-order valence-electron chi connectivity index (χ0n) is 11.3. The number of nitrogens with zero attached hydrogens (tertiary/aromatic N) is 3. The van der Waals surface area contributed by atoms with Crippen molar-refractivity contribution in [2.75, 3.05) is 31.2 Å². The van der Waals surface area contributed by atoms with Gasteiger partial charge in [0.05, 0.1) is 6.54 Å². The second-order valence-corrected chi connectivity index (χ2v) is 5.27. The number of nitrogen functional groups attached to an aromatic ring is 2. The van der Waals surface area contributed by atoms with Gasteiger partial charge < -0.3 is 4.90 Å². The van der Waals surface area contributed by atoms with Crippen molar-refractivity contribution in [1.82, 2.24) is 9.58 Å². The summed E-state index contributed by atoms with van der Waals surface area (Å²) in [5, 5.41) is 0. The van der Waals surface area contributed by atoms with E-state index >= 15 is 0 Å². The van der Waals surface area contributed by atoms with Gasteiger partial charge in [0.1, 0.15) is 5.52 Å². The zero-order valence-corrected chi connectivity index (χ0v) is 11.3. The highest BCUT2D eigenvalue weighted by molar-refractivity contribution is 5.73. The SMILES string of the molecule is Nc1n(N)c2ccccc2[n+]1CCN1CCCCC1. The van der Waals surface area contributed by atoms with Crippen molar-refractivity contribution in [3.05, 3.63) is 24.3 Å². The molecule has 1 aromatic heterocycles. The zero-order chi connectivity index (χ0) is 13.2. The van der Waals surface area contributed by atoms with Crippen LogP contribution in [0, 0.1) is 0 Å². The Morgan fingerprint density at radius 2 is 1.84 bits per heavy atom. The van der Waals surface area contributed by atoms with Gasteiger partial charge in [-0.1, -0.05) is 18.6 Å². The lowest BCUT2D eigenvalue weighted by atomic mass is 10.1. The second kappa shape index (κ2) is 5.09. The monoisotopic (exact) mass is 260 g/mol. The van der Waals surface area contributed by atoms with Crippen molar-refractivity contribution in [2.45, 2.75) is 25.8 Å². The van der Waals surface area contributed by atoms with E-state index in [-0.39, 0.29) is 0 Å². The predicted octanol–water partition coefficient (Wildman–Crippen LogP) is 0.711. The third kappa shape index (κ3) is 2.26. The summed E-state index contributed by atoms with van der Waals surface area (Å²) >= 11 is 0. The molecule has 4 N–H and O–H groups in total. The molecule has 0 spiro atoms. The van der Waals surface area contributed by atoms with Crippen LogP contribution < -0.4 is 16.1 Å². The molecule has 19 heavy (non-hydrogen) atoms. The first-order chi connectivity index (χ1) is 9.27. The van der Waals surface area contributed by atoms with E-state index in [1.807, 2.05) is 18.2 Å². The first-order valence-electron chi connectivity index (χ1n) is 7.03. The predicted molar refractivity (Wildman–Crippen MR) is 77.0 cm³/mol. The van der Waals surface area contributed by atoms with Gasteiger partial charge in [0.2, 0.25) is 0 Å². The molecule has 0 bridgehead atoms. The lowest BCUT2D eigenvalue weighted by molar-refractivity contribution is -0.656. The molecule has 2 aromatic rings. The van der Waals surface area contributed by atoms with Gasteiger partial charge in [0.15, 0.2) is 5.52 Å².